The van der Waals surface area contributed by atoms with E-state index in [0.29, 0.717) is 36.1 Å². The number of aryl methyl sites for hydroxylation is 1. The second-order valence-corrected chi connectivity index (χ2v) is 5.69. The molecule has 23 heavy (non-hydrogen) atoms. The number of hydrogen-bond donors (Lipinski definition) is 2. The van der Waals surface area contributed by atoms with Crippen molar-refractivity contribution in [2.24, 2.45) is 0 Å². The summed E-state index contributed by atoms with van der Waals surface area (Å²) >= 11 is 0.976. The molecule has 126 valence electrons. The van der Waals surface area contributed by atoms with Crippen LogP contribution in [-0.4, -0.2) is 29.1 Å². The Balaban J connectivity index is 1.62. The van der Waals surface area contributed by atoms with Crippen LogP contribution in [0.15, 0.2) is 16.0 Å². The van der Waals surface area contributed by atoms with E-state index in [1.54, 1.807) is 13.0 Å². The van der Waals surface area contributed by atoms with Crippen molar-refractivity contribution in [1.82, 2.24) is 15.5 Å². The minimum absolute atomic E-state index is 0.220. The van der Waals surface area contributed by atoms with Crippen LogP contribution in [0.4, 0.5) is 19.0 Å². The quantitative estimate of drug-likeness (QED) is 0.752. The molecule has 0 aliphatic rings. The SMILES string of the molecule is Cc1cc(NC(=O)CCNCCc2nc(C(F)(F)F)cs2)no1. The lowest BCUT2D eigenvalue weighted by Gasteiger charge is -2.03. The molecule has 0 aliphatic carbocycles. The summed E-state index contributed by atoms with van der Waals surface area (Å²) in [5.74, 6) is 0.731. The molecule has 0 bridgehead atoms. The molecule has 0 aliphatic heterocycles. The fourth-order valence-corrected chi connectivity index (χ4v) is 2.51. The number of amides is 1. The number of nitrogens with one attached hydrogen (secondary N) is 2. The lowest BCUT2D eigenvalue weighted by Crippen LogP contribution is -2.23. The van der Waals surface area contributed by atoms with Crippen molar-refractivity contribution in [3.63, 3.8) is 0 Å². The van der Waals surface area contributed by atoms with E-state index in [1.165, 1.54) is 0 Å². The largest absolute Gasteiger partial charge is 0.434 e. The third-order valence-electron chi connectivity index (χ3n) is 2.78. The zero-order chi connectivity index (χ0) is 16.9. The molecule has 0 aromatic carbocycles. The van der Waals surface area contributed by atoms with Crippen molar-refractivity contribution < 1.29 is 22.5 Å². The van der Waals surface area contributed by atoms with E-state index in [1.807, 2.05) is 0 Å². The number of carbonyl (C=O) groups excluding carboxylic acids is 1. The van der Waals surface area contributed by atoms with Crippen LogP contribution in [0, 0.1) is 6.92 Å². The van der Waals surface area contributed by atoms with Crippen LogP contribution in [0.5, 0.6) is 0 Å². The average molecular weight is 348 g/mol. The van der Waals surface area contributed by atoms with Gasteiger partial charge in [-0.15, -0.1) is 11.3 Å². The molecule has 2 rings (SSSR count). The number of aromatic nitrogens is 2. The molecule has 2 heterocycles. The molecule has 0 fully saturated rings. The lowest BCUT2D eigenvalue weighted by atomic mass is 10.3. The third-order valence-corrected chi connectivity index (χ3v) is 3.69. The van der Waals surface area contributed by atoms with Crippen molar-refractivity contribution in [2.45, 2.75) is 25.9 Å². The summed E-state index contributed by atoms with van der Waals surface area (Å²) < 4.78 is 42.0. The molecule has 0 atom stereocenters. The Morgan fingerprint density at radius 1 is 1.39 bits per heavy atom. The third kappa shape index (κ3) is 5.64. The highest BCUT2D eigenvalue weighted by Crippen LogP contribution is 2.29. The molecular weight excluding hydrogens is 333 g/mol. The van der Waals surface area contributed by atoms with Crippen LogP contribution in [0.25, 0.3) is 0 Å². The van der Waals surface area contributed by atoms with Gasteiger partial charge in [0.15, 0.2) is 11.5 Å². The minimum atomic E-state index is -4.40. The maximum atomic E-state index is 12.4. The number of nitrogens with zero attached hydrogens (tertiary/aromatic N) is 2. The zero-order valence-corrected chi connectivity index (χ0v) is 13.1. The van der Waals surface area contributed by atoms with E-state index in [9.17, 15) is 18.0 Å². The highest BCUT2D eigenvalue weighted by atomic mass is 32.1. The zero-order valence-electron chi connectivity index (χ0n) is 12.2. The van der Waals surface area contributed by atoms with Gasteiger partial charge in [-0.2, -0.15) is 13.2 Å². The maximum absolute atomic E-state index is 12.4. The van der Waals surface area contributed by atoms with E-state index < -0.39 is 11.9 Å². The Morgan fingerprint density at radius 3 is 2.78 bits per heavy atom. The van der Waals surface area contributed by atoms with Crippen molar-refractivity contribution in [3.8, 4) is 0 Å². The molecule has 0 unspecified atom stereocenters. The first-order valence-electron chi connectivity index (χ1n) is 6.80. The first-order chi connectivity index (χ1) is 10.8. The Hall–Kier alpha value is -1.94. The van der Waals surface area contributed by atoms with Crippen LogP contribution >= 0.6 is 11.3 Å². The fraction of sp³-hybridized carbons (Fsp3) is 0.462. The predicted octanol–water partition coefficient (Wildman–Crippen LogP) is 2.62. The molecule has 10 heteroatoms. The molecule has 1 amide bonds. The second kappa shape index (κ2) is 7.55. The van der Waals surface area contributed by atoms with Gasteiger partial charge in [0.2, 0.25) is 5.91 Å². The molecule has 0 saturated heterocycles. The van der Waals surface area contributed by atoms with Crippen molar-refractivity contribution in [1.29, 1.82) is 0 Å². The van der Waals surface area contributed by atoms with Gasteiger partial charge in [-0.3, -0.25) is 4.79 Å². The summed E-state index contributed by atoms with van der Waals surface area (Å²) in [4.78, 5) is 15.1. The number of alkyl halides is 3. The Morgan fingerprint density at radius 2 is 2.17 bits per heavy atom. The summed E-state index contributed by atoms with van der Waals surface area (Å²) in [6.07, 6.45) is -3.80. The summed E-state index contributed by atoms with van der Waals surface area (Å²) in [7, 11) is 0. The highest BCUT2D eigenvalue weighted by molar-refractivity contribution is 7.09. The van der Waals surface area contributed by atoms with Gasteiger partial charge in [0.1, 0.15) is 5.76 Å². The summed E-state index contributed by atoms with van der Waals surface area (Å²) in [5, 5.41) is 10.6. The number of carbonyl (C=O) groups is 1. The number of rotatable bonds is 7. The van der Waals surface area contributed by atoms with Crippen LogP contribution < -0.4 is 10.6 Å². The topological polar surface area (TPSA) is 80.0 Å². The highest BCUT2D eigenvalue weighted by Gasteiger charge is 2.33. The van der Waals surface area contributed by atoms with E-state index >= 15 is 0 Å². The van der Waals surface area contributed by atoms with Gasteiger partial charge in [-0.25, -0.2) is 4.98 Å². The number of hydrogen-bond acceptors (Lipinski definition) is 6. The molecular formula is C13H15F3N4O2S. The van der Waals surface area contributed by atoms with Gasteiger partial charge < -0.3 is 15.2 Å². The predicted molar refractivity (Wildman–Crippen MR) is 78.2 cm³/mol. The van der Waals surface area contributed by atoms with Gasteiger partial charge in [-0.05, 0) is 6.92 Å². The first-order valence-corrected chi connectivity index (χ1v) is 7.68. The first kappa shape index (κ1) is 17.4. The normalized spacial score (nSPS) is 11.7. The van der Waals surface area contributed by atoms with E-state index in [0.717, 1.165) is 16.7 Å². The molecule has 2 aromatic rings. The van der Waals surface area contributed by atoms with Gasteiger partial charge in [0, 0.05) is 37.4 Å². The molecule has 2 aromatic heterocycles. The van der Waals surface area contributed by atoms with Crippen molar-refractivity contribution >= 4 is 23.1 Å². The monoisotopic (exact) mass is 348 g/mol. The Kier molecular flexibility index (Phi) is 5.72. The van der Waals surface area contributed by atoms with Gasteiger partial charge in [-0.1, -0.05) is 5.16 Å². The summed E-state index contributed by atoms with van der Waals surface area (Å²) in [5.41, 5.74) is -0.861. The van der Waals surface area contributed by atoms with Crippen LogP contribution in [0.3, 0.4) is 0 Å². The van der Waals surface area contributed by atoms with Crippen molar-refractivity contribution in [2.75, 3.05) is 18.4 Å². The molecule has 2 N–H and O–H groups in total. The maximum Gasteiger partial charge on any atom is 0.434 e. The van der Waals surface area contributed by atoms with Gasteiger partial charge in [0.05, 0.1) is 5.01 Å². The molecule has 0 spiro atoms. The summed E-state index contributed by atoms with van der Waals surface area (Å²) in [6, 6.07) is 1.60. The Labute approximate surface area is 134 Å². The van der Waals surface area contributed by atoms with Crippen LogP contribution in [0.1, 0.15) is 22.9 Å². The standard InChI is InChI=1S/C13H15F3N4O2S/c1-8-6-10(20-22-8)19-11(21)2-4-17-5-3-12-18-9(7-23-12)13(14,15)16/h6-7,17H,2-5H2,1H3,(H,19,20,21). The van der Waals surface area contributed by atoms with E-state index in [2.05, 4.69) is 20.8 Å². The smallest absolute Gasteiger partial charge is 0.360 e. The van der Waals surface area contributed by atoms with Crippen LogP contribution in [-0.2, 0) is 17.4 Å². The van der Waals surface area contributed by atoms with Gasteiger partial charge in [0.25, 0.3) is 0 Å². The number of halogens is 3. The molecule has 6 nitrogen and oxygen atoms in total. The number of anilines is 1. The molecule has 0 radical (unpaired) electrons. The average Bonchev–Trinajstić information content (AvgIpc) is 3.07. The van der Waals surface area contributed by atoms with Gasteiger partial charge >= 0.3 is 6.18 Å². The van der Waals surface area contributed by atoms with E-state index in [4.69, 9.17) is 4.52 Å². The minimum Gasteiger partial charge on any atom is -0.360 e. The lowest BCUT2D eigenvalue weighted by molar-refractivity contribution is -0.140. The van der Waals surface area contributed by atoms with Crippen LogP contribution in [0.2, 0.25) is 0 Å². The Bertz CT molecular complexity index is 654. The van der Waals surface area contributed by atoms with Crippen molar-refractivity contribution in [3.05, 3.63) is 27.9 Å². The molecule has 0 saturated carbocycles. The summed E-state index contributed by atoms with van der Waals surface area (Å²) in [6.45, 7) is 2.56. The second-order valence-electron chi connectivity index (χ2n) is 4.75. The fourth-order valence-electron chi connectivity index (χ4n) is 1.71. The van der Waals surface area contributed by atoms with E-state index in [-0.39, 0.29) is 12.3 Å². The number of thiazole rings is 1.